The molecule has 184 valence electrons. The maximum Gasteiger partial charge on any atom is 0.330 e. The van der Waals surface area contributed by atoms with Crippen molar-refractivity contribution in [3.8, 4) is 0 Å². The van der Waals surface area contributed by atoms with Crippen LogP contribution >= 0.6 is 0 Å². The summed E-state index contributed by atoms with van der Waals surface area (Å²) in [5, 5.41) is 19.9. The van der Waals surface area contributed by atoms with E-state index in [9.17, 15) is 9.90 Å². The van der Waals surface area contributed by atoms with Crippen LogP contribution < -0.4 is 0 Å². The van der Waals surface area contributed by atoms with E-state index in [1.807, 2.05) is 6.08 Å². The van der Waals surface area contributed by atoms with Crippen LogP contribution in [0.4, 0.5) is 0 Å². The van der Waals surface area contributed by atoms with Crippen molar-refractivity contribution >= 4 is 5.97 Å². The largest absolute Gasteiger partial charge is 0.478 e. The summed E-state index contributed by atoms with van der Waals surface area (Å²) >= 11 is 0. The molecule has 0 spiro atoms. The fraction of sp³-hybridized carbons (Fsp3) is 0.767. The number of hydrogen-bond donors (Lipinski definition) is 2. The molecule has 2 N–H and O–H groups in total. The minimum atomic E-state index is -0.803. The van der Waals surface area contributed by atoms with Crippen molar-refractivity contribution in [3.63, 3.8) is 0 Å². The molecule has 0 bridgehead atoms. The smallest absolute Gasteiger partial charge is 0.330 e. The lowest BCUT2D eigenvalue weighted by Gasteiger charge is -2.61. The molecule has 0 heterocycles. The number of rotatable bonds is 5. The Morgan fingerprint density at radius 2 is 1.82 bits per heavy atom. The molecule has 0 radical (unpaired) electrons. The number of aliphatic hydroxyl groups is 1. The molecule has 4 aliphatic carbocycles. The number of fused-ring (bicyclic) bond motifs is 5. The van der Waals surface area contributed by atoms with Gasteiger partial charge in [-0.1, -0.05) is 59.8 Å². The predicted octanol–water partition coefficient (Wildman–Crippen LogP) is 7.32. The van der Waals surface area contributed by atoms with Gasteiger partial charge in [0, 0.05) is 5.57 Å². The van der Waals surface area contributed by atoms with Gasteiger partial charge in [-0.3, -0.25) is 0 Å². The topological polar surface area (TPSA) is 57.5 Å². The van der Waals surface area contributed by atoms with E-state index in [2.05, 4.69) is 53.7 Å². The van der Waals surface area contributed by atoms with E-state index in [-0.39, 0.29) is 27.8 Å². The molecule has 2 fully saturated rings. The van der Waals surface area contributed by atoms with E-state index in [0.29, 0.717) is 23.3 Å². The summed E-state index contributed by atoms with van der Waals surface area (Å²) in [6.07, 6.45) is 15.5. The fourth-order valence-electron chi connectivity index (χ4n) is 8.80. The first kappa shape index (κ1) is 24.8. The van der Waals surface area contributed by atoms with E-state index in [1.54, 1.807) is 18.1 Å². The van der Waals surface area contributed by atoms with E-state index in [4.69, 9.17) is 5.11 Å². The minimum absolute atomic E-state index is 0.0498. The summed E-state index contributed by atoms with van der Waals surface area (Å²) in [4.78, 5) is 11.1. The highest BCUT2D eigenvalue weighted by Crippen LogP contribution is 2.71. The molecule has 0 saturated heterocycles. The van der Waals surface area contributed by atoms with Crippen molar-refractivity contribution in [1.29, 1.82) is 0 Å². The second-order valence-electron chi connectivity index (χ2n) is 13.2. The van der Waals surface area contributed by atoms with Gasteiger partial charge in [-0.05, 0) is 109 Å². The van der Waals surface area contributed by atoms with Crippen LogP contribution in [0.3, 0.4) is 0 Å². The maximum absolute atomic E-state index is 11.1. The molecule has 3 heteroatoms. The molecular formula is C30H46O3. The highest BCUT2D eigenvalue weighted by molar-refractivity contribution is 5.85. The van der Waals surface area contributed by atoms with E-state index < -0.39 is 5.97 Å². The first-order valence-corrected chi connectivity index (χ1v) is 13.3. The zero-order valence-electron chi connectivity index (χ0n) is 22.0. The number of hydrogen-bond acceptors (Lipinski definition) is 2. The average molecular weight is 455 g/mol. The first-order chi connectivity index (χ1) is 15.3. The Morgan fingerprint density at radius 3 is 2.48 bits per heavy atom. The molecule has 7 atom stereocenters. The lowest BCUT2D eigenvalue weighted by molar-refractivity contribution is -0.132. The third kappa shape index (κ3) is 3.51. The maximum atomic E-state index is 11.1. The molecule has 0 aromatic heterocycles. The molecule has 0 aliphatic heterocycles. The van der Waals surface area contributed by atoms with Crippen molar-refractivity contribution in [2.24, 2.45) is 39.4 Å². The minimum Gasteiger partial charge on any atom is -0.478 e. The Morgan fingerprint density at radius 1 is 1.12 bits per heavy atom. The number of aliphatic carboxylic acids is 1. The molecule has 4 rings (SSSR count). The number of carbonyl (C=O) groups is 1. The fourth-order valence-corrected chi connectivity index (χ4v) is 8.80. The summed E-state index contributed by atoms with van der Waals surface area (Å²) < 4.78 is 0. The van der Waals surface area contributed by atoms with Crippen LogP contribution in [-0.2, 0) is 4.79 Å². The number of aliphatic hydroxyl groups excluding tert-OH is 1. The first-order valence-electron chi connectivity index (χ1n) is 13.3. The van der Waals surface area contributed by atoms with Crippen LogP contribution in [0.2, 0.25) is 0 Å². The molecule has 0 aromatic rings. The average Bonchev–Trinajstić information content (AvgIpc) is 3.02. The van der Waals surface area contributed by atoms with Gasteiger partial charge < -0.3 is 10.2 Å². The van der Waals surface area contributed by atoms with Crippen LogP contribution in [0.25, 0.3) is 0 Å². The third-order valence-electron chi connectivity index (χ3n) is 11.4. The quantitative estimate of drug-likeness (QED) is 0.428. The van der Waals surface area contributed by atoms with Crippen LogP contribution in [0.15, 0.2) is 34.9 Å². The Balaban J connectivity index is 1.61. The Kier molecular flexibility index (Phi) is 6.08. The van der Waals surface area contributed by atoms with Gasteiger partial charge in [-0.25, -0.2) is 4.79 Å². The van der Waals surface area contributed by atoms with Gasteiger partial charge in [-0.2, -0.15) is 0 Å². The van der Waals surface area contributed by atoms with Crippen molar-refractivity contribution in [1.82, 2.24) is 0 Å². The van der Waals surface area contributed by atoms with Gasteiger partial charge in [0.25, 0.3) is 0 Å². The molecule has 0 aromatic carbocycles. The summed E-state index contributed by atoms with van der Waals surface area (Å²) in [5.41, 5.74) is 4.26. The number of carboxylic acids is 1. The molecule has 33 heavy (non-hydrogen) atoms. The Labute approximate surface area is 201 Å². The van der Waals surface area contributed by atoms with Crippen LogP contribution in [0, 0.1) is 39.4 Å². The normalized spacial score (nSPS) is 43.0. The molecular weight excluding hydrogens is 408 g/mol. The summed E-state index contributed by atoms with van der Waals surface area (Å²) in [7, 11) is 0. The van der Waals surface area contributed by atoms with Gasteiger partial charge in [0.2, 0.25) is 0 Å². The third-order valence-corrected chi connectivity index (χ3v) is 11.4. The zero-order valence-corrected chi connectivity index (χ0v) is 22.0. The predicted molar refractivity (Wildman–Crippen MR) is 135 cm³/mol. The Hall–Kier alpha value is -1.35. The van der Waals surface area contributed by atoms with Crippen molar-refractivity contribution in [2.75, 3.05) is 0 Å². The van der Waals surface area contributed by atoms with E-state index in [1.165, 1.54) is 12.8 Å². The van der Waals surface area contributed by atoms with Gasteiger partial charge in [-0.15, -0.1) is 0 Å². The summed E-state index contributed by atoms with van der Waals surface area (Å²) in [5.74, 6) is 0.940. The van der Waals surface area contributed by atoms with Crippen molar-refractivity contribution in [3.05, 3.63) is 34.9 Å². The van der Waals surface area contributed by atoms with Crippen LogP contribution in [0.5, 0.6) is 0 Å². The monoisotopic (exact) mass is 454 g/mol. The highest BCUT2D eigenvalue weighted by atomic mass is 16.4. The van der Waals surface area contributed by atoms with Gasteiger partial charge in [0.1, 0.15) is 0 Å². The lowest BCUT2D eigenvalue weighted by Crippen LogP contribution is -2.54. The number of carboxylic acid groups (broad SMARTS) is 1. The van der Waals surface area contributed by atoms with Crippen LogP contribution in [-0.4, -0.2) is 22.3 Å². The summed E-state index contributed by atoms with van der Waals surface area (Å²) in [6, 6.07) is 0. The SMILES string of the molecule is CC(=CCC[C@@H](C)[C@H]1CC[C@@]2(C)C3=CCC4C(C)(C)C(O)CC[C@]4(C)C3=CC[C@]12C)C(=O)O. The molecule has 2 saturated carbocycles. The van der Waals surface area contributed by atoms with E-state index >= 15 is 0 Å². The number of allylic oxidation sites excluding steroid dienone is 5. The summed E-state index contributed by atoms with van der Waals surface area (Å²) in [6.45, 7) is 16.2. The van der Waals surface area contributed by atoms with E-state index in [0.717, 1.165) is 38.5 Å². The van der Waals surface area contributed by atoms with Crippen molar-refractivity contribution < 1.29 is 15.0 Å². The second-order valence-corrected chi connectivity index (χ2v) is 13.2. The lowest BCUT2D eigenvalue weighted by atomic mass is 9.44. The van der Waals surface area contributed by atoms with Gasteiger partial charge >= 0.3 is 5.97 Å². The van der Waals surface area contributed by atoms with Crippen molar-refractivity contribution in [2.45, 2.75) is 106 Å². The second kappa shape index (κ2) is 8.11. The molecule has 2 unspecified atom stereocenters. The molecule has 3 nitrogen and oxygen atoms in total. The highest BCUT2D eigenvalue weighted by Gasteiger charge is 2.62. The molecule has 4 aliphatic rings. The van der Waals surface area contributed by atoms with Crippen LogP contribution in [0.1, 0.15) is 99.8 Å². The zero-order chi connectivity index (χ0) is 24.4. The molecule has 0 amide bonds. The van der Waals surface area contributed by atoms with Gasteiger partial charge in [0.15, 0.2) is 0 Å². The Bertz CT molecular complexity index is 908. The van der Waals surface area contributed by atoms with Gasteiger partial charge in [0.05, 0.1) is 6.10 Å². The standard InChI is InChI=1S/C30H46O3/c1-19(9-8-10-20(2)26(32)33)21-13-17-30(7)23-11-12-24-27(3,4)25(31)15-16-28(24,5)22(23)14-18-29(21,30)6/h10-11,14,19,21,24-25,31H,8-9,12-13,15-18H2,1-7H3,(H,32,33)/t19-,21-,24?,25?,28-,29-,30+/m1/s1.